The first-order chi connectivity index (χ1) is 20.1. The van der Waals surface area contributed by atoms with E-state index in [1.807, 2.05) is 21.1 Å². The van der Waals surface area contributed by atoms with Gasteiger partial charge in [0.25, 0.3) is 0 Å². The molecule has 248 valence electrons. The third-order valence-corrected chi connectivity index (χ3v) is 7.76. The Balaban J connectivity index is 4.46. The molecule has 0 bridgehead atoms. The Morgan fingerprint density at radius 3 is 1.48 bits per heavy atom. The monoisotopic (exact) mass is 600 g/mol. The van der Waals surface area contributed by atoms with Crippen molar-refractivity contribution in [3.8, 4) is 0 Å². The zero-order valence-electron chi connectivity index (χ0n) is 28.0. The molecule has 0 aliphatic rings. The maximum atomic E-state index is 12.5. The van der Waals surface area contributed by atoms with Crippen LogP contribution in [-0.2, 0) is 28.6 Å². The van der Waals surface area contributed by atoms with Crippen molar-refractivity contribution in [3.63, 3.8) is 0 Å². The lowest BCUT2D eigenvalue weighted by molar-refractivity contribution is -0.887. The molecule has 0 aromatic heterocycles. The summed E-state index contributed by atoms with van der Waals surface area (Å²) in [4.78, 5) is 36.5. The van der Waals surface area contributed by atoms with E-state index in [-0.39, 0.29) is 36.2 Å². The quantitative estimate of drug-likeness (QED) is 0.0509. The van der Waals surface area contributed by atoms with Gasteiger partial charge in [0.1, 0.15) is 6.61 Å². The van der Waals surface area contributed by atoms with Gasteiger partial charge in [-0.05, 0) is 12.8 Å². The number of quaternary nitrogens is 1. The molecule has 0 fully saturated rings. The van der Waals surface area contributed by atoms with Crippen molar-refractivity contribution in [1.29, 1.82) is 0 Å². The summed E-state index contributed by atoms with van der Waals surface area (Å²) in [6.45, 7) is 4.68. The van der Waals surface area contributed by atoms with Crippen molar-refractivity contribution in [1.82, 2.24) is 0 Å². The van der Waals surface area contributed by atoms with Crippen LogP contribution in [0.5, 0.6) is 0 Å². The van der Waals surface area contributed by atoms with Crippen LogP contribution in [0.4, 0.5) is 0 Å². The van der Waals surface area contributed by atoms with Gasteiger partial charge in [-0.15, -0.1) is 0 Å². The number of esters is 2. The second-order valence-corrected chi connectivity index (χ2v) is 12.8. The molecule has 0 spiro atoms. The van der Waals surface area contributed by atoms with E-state index in [1.54, 1.807) is 0 Å². The zero-order valence-corrected chi connectivity index (χ0v) is 28.0. The number of hydrogen-bond donors (Lipinski definition) is 1. The molecular weight excluding hydrogens is 534 g/mol. The molecule has 1 N–H and O–H groups in total. The van der Waals surface area contributed by atoms with Crippen molar-refractivity contribution in [2.24, 2.45) is 0 Å². The predicted octanol–water partition coefficient (Wildman–Crippen LogP) is 7.85. The van der Waals surface area contributed by atoms with Gasteiger partial charge in [-0.3, -0.25) is 9.59 Å². The minimum Gasteiger partial charge on any atom is -0.477 e. The molecule has 0 aromatic carbocycles. The molecule has 0 saturated carbocycles. The summed E-state index contributed by atoms with van der Waals surface area (Å²) in [5.74, 6) is -1.47. The average molecular weight is 601 g/mol. The van der Waals surface area contributed by atoms with E-state index in [1.165, 1.54) is 77.0 Å². The second-order valence-electron chi connectivity index (χ2n) is 12.8. The van der Waals surface area contributed by atoms with E-state index in [0.717, 1.165) is 38.5 Å². The van der Waals surface area contributed by atoms with Gasteiger partial charge in [0.15, 0.2) is 12.1 Å². The second kappa shape index (κ2) is 26.9. The van der Waals surface area contributed by atoms with Gasteiger partial charge < -0.3 is 23.8 Å². The number of rotatable bonds is 30. The number of carboxylic acid groups (broad SMARTS) is 1. The number of carbonyl (C=O) groups excluding carboxylic acids is 2. The summed E-state index contributed by atoms with van der Waals surface area (Å²) in [6.07, 6.45) is 21.5. The van der Waals surface area contributed by atoms with Crippen molar-refractivity contribution in [3.05, 3.63) is 0 Å². The van der Waals surface area contributed by atoms with Crippen LogP contribution in [0.1, 0.15) is 149 Å². The number of ether oxygens (including phenoxy) is 3. The first kappa shape index (κ1) is 40.3. The number of hydrogen-bond acceptors (Lipinski definition) is 6. The highest BCUT2D eigenvalue weighted by Crippen LogP contribution is 2.13. The molecule has 8 heteroatoms. The average Bonchev–Trinajstić information content (AvgIpc) is 2.92. The van der Waals surface area contributed by atoms with Crippen LogP contribution in [0, 0.1) is 0 Å². The van der Waals surface area contributed by atoms with E-state index in [9.17, 15) is 19.5 Å². The minimum absolute atomic E-state index is 0.0442. The number of carbonyl (C=O) groups is 3. The lowest BCUT2D eigenvalue weighted by Gasteiger charge is -2.31. The van der Waals surface area contributed by atoms with Gasteiger partial charge in [-0.25, -0.2) is 4.79 Å². The minimum atomic E-state index is -0.875. The highest BCUT2D eigenvalue weighted by atomic mass is 16.6. The third kappa shape index (κ3) is 24.9. The molecule has 0 radical (unpaired) electrons. The van der Waals surface area contributed by atoms with Crippen LogP contribution in [0.15, 0.2) is 0 Å². The van der Waals surface area contributed by atoms with Crippen LogP contribution in [0.25, 0.3) is 0 Å². The van der Waals surface area contributed by atoms with Gasteiger partial charge in [0.2, 0.25) is 0 Å². The molecular formula is C34H66NO7+. The molecule has 0 aromatic rings. The molecule has 2 unspecified atom stereocenters. The van der Waals surface area contributed by atoms with Gasteiger partial charge in [0.05, 0.1) is 34.4 Å². The van der Waals surface area contributed by atoms with E-state index in [4.69, 9.17) is 14.2 Å². The normalized spacial score (nSPS) is 13.1. The largest absolute Gasteiger partial charge is 0.477 e. The molecule has 8 nitrogen and oxygen atoms in total. The first-order valence-electron chi connectivity index (χ1n) is 17.1. The van der Waals surface area contributed by atoms with Gasteiger partial charge in [-0.1, -0.05) is 117 Å². The molecule has 0 heterocycles. The van der Waals surface area contributed by atoms with Crippen molar-refractivity contribution in [2.75, 3.05) is 41.0 Å². The summed E-state index contributed by atoms with van der Waals surface area (Å²) in [7, 11) is 5.51. The predicted molar refractivity (Wildman–Crippen MR) is 169 cm³/mol. The first-order valence-corrected chi connectivity index (χ1v) is 17.1. The highest BCUT2D eigenvalue weighted by molar-refractivity contribution is 5.72. The van der Waals surface area contributed by atoms with Gasteiger partial charge in [0, 0.05) is 19.3 Å². The number of likely N-dealkylation sites (N-methyl/N-ethyl adjacent to an activating group) is 1. The van der Waals surface area contributed by atoms with E-state index in [2.05, 4.69) is 13.8 Å². The highest BCUT2D eigenvalue weighted by Gasteiger charge is 2.31. The Bertz CT molecular complexity index is 677. The van der Waals surface area contributed by atoms with Crippen LogP contribution in [0.2, 0.25) is 0 Å². The van der Waals surface area contributed by atoms with Crippen molar-refractivity contribution < 1.29 is 38.2 Å². The van der Waals surface area contributed by atoms with Crippen LogP contribution in [-0.4, -0.2) is 80.6 Å². The molecule has 0 aliphatic carbocycles. The van der Waals surface area contributed by atoms with Crippen molar-refractivity contribution >= 4 is 17.9 Å². The lowest BCUT2D eigenvalue weighted by atomic mass is 10.1. The van der Waals surface area contributed by atoms with Crippen LogP contribution in [0.3, 0.4) is 0 Å². The lowest BCUT2D eigenvalue weighted by Crippen LogP contribution is -2.50. The Kier molecular flexibility index (Phi) is 25.8. The summed E-state index contributed by atoms with van der Waals surface area (Å²) >= 11 is 0. The fourth-order valence-electron chi connectivity index (χ4n) is 5.03. The summed E-state index contributed by atoms with van der Waals surface area (Å²) < 4.78 is 17.1. The molecule has 0 amide bonds. The standard InChI is InChI=1S/C34H65NO7/c1-6-8-10-12-14-16-17-19-20-22-24-32(36)41-29-30(28-40-27-26-31(34(38)39)35(3,4)5)42-33(37)25-23-21-18-15-13-11-9-7-2/h30-31H,6-29H2,1-5H3/p+1. The zero-order chi connectivity index (χ0) is 31.5. The maximum absolute atomic E-state index is 12.5. The molecule has 0 aliphatic heterocycles. The summed E-state index contributed by atoms with van der Waals surface area (Å²) in [5, 5.41) is 9.53. The number of aliphatic carboxylic acids is 1. The Labute approximate surface area is 257 Å². The fourth-order valence-corrected chi connectivity index (χ4v) is 5.03. The maximum Gasteiger partial charge on any atom is 0.362 e. The van der Waals surface area contributed by atoms with E-state index in [0.29, 0.717) is 19.3 Å². The van der Waals surface area contributed by atoms with E-state index >= 15 is 0 Å². The topological polar surface area (TPSA) is 99.1 Å². The Morgan fingerprint density at radius 1 is 0.619 bits per heavy atom. The fraction of sp³-hybridized carbons (Fsp3) is 0.912. The summed E-state index contributed by atoms with van der Waals surface area (Å²) in [5.41, 5.74) is 0. The molecule has 2 atom stereocenters. The number of nitrogens with zero attached hydrogens (tertiary/aromatic N) is 1. The Morgan fingerprint density at radius 2 is 1.05 bits per heavy atom. The smallest absolute Gasteiger partial charge is 0.362 e. The van der Waals surface area contributed by atoms with Gasteiger partial charge >= 0.3 is 17.9 Å². The number of unbranched alkanes of at least 4 members (excludes halogenated alkanes) is 16. The molecule has 0 rings (SSSR count). The third-order valence-electron chi connectivity index (χ3n) is 7.76. The number of carboxylic acids is 1. The van der Waals surface area contributed by atoms with Crippen molar-refractivity contribution in [2.45, 2.75) is 161 Å². The van der Waals surface area contributed by atoms with Crippen LogP contribution >= 0.6 is 0 Å². The molecule has 42 heavy (non-hydrogen) atoms. The molecule has 0 saturated heterocycles. The SMILES string of the molecule is CCCCCCCCCCCCC(=O)OCC(COCCC(C(=O)O)[N+](C)(C)C)OC(=O)CCCCCCCCCC. The Hall–Kier alpha value is -1.67. The summed E-state index contributed by atoms with van der Waals surface area (Å²) in [6, 6.07) is -0.605. The van der Waals surface area contributed by atoms with Crippen LogP contribution < -0.4 is 0 Å². The van der Waals surface area contributed by atoms with E-state index < -0.39 is 18.1 Å². The van der Waals surface area contributed by atoms with Gasteiger partial charge in [-0.2, -0.15) is 0 Å².